The molecule has 5 nitrogen and oxygen atoms in total. The second-order valence-corrected chi connectivity index (χ2v) is 7.41. The number of imidazole rings is 1. The molecule has 0 saturated heterocycles. The number of amides is 1. The number of aryl methyl sites for hydroxylation is 1. The average Bonchev–Trinajstić information content (AvgIpc) is 3.43. The minimum absolute atomic E-state index is 0.0198. The van der Waals surface area contributed by atoms with Gasteiger partial charge < -0.3 is 14.9 Å². The Morgan fingerprint density at radius 1 is 0.967 bits per heavy atom. The lowest BCUT2D eigenvalue weighted by Gasteiger charge is -2.20. The summed E-state index contributed by atoms with van der Waals surface area (Å²) in [5.41, 5.74) is 5.10. The van der Waals surface area contributed by atoms with Crippen LogP contribution < -0.4 is 5.32 Å². The number of aromatic nitrogens is 3. The molecule has 5 heteroatoms. The maximum Gasteiger partial charge on any atom is 0.222 e. The molecule has 2 heterocycles. The van der Waals surface area contributed by atoms with Gasteiger partial charge in [0.25, 0.3) is 0 Å². The molecule has 0 aliphatic rings. The van der Waals surface area contributed by atoms with E-state index in [1.807, 2.05) is 60.8 Å². The lowest BCUT2D eigenvalue weighted by atomic mass is 9.98. The molecule has 0 aliphatic carbocycles. The Labute approximate surface area is 174 Å². The zero-order valence-electron chi connectivity index (χ0n) is 16.5. The summed E-state index contributed by atoms with van der Waals surface area (Å²) in [6, 6.07) is 26.2. The molecule has 1 atom stereocenters. The van der Waals surface area contributed by atoms with Gasteiger partial charge in [0.05, 0.1) is 23.4 Å². The Balaban J connectivity index is 1.37. The van der Waals surface area contributed by atoms with Crippen molar-refractivity contribution in [3.8, 4) is 0 Å². The fraction of sp³-hybridized carbons (Fsp3) is 0.120. The van der Waals surface area contributed by atoms with Crippen LogP contribution in [0, 0.1) is 0 Å². The Kier molecular flexibility index (Phi) is 4.77. The summed E-state index contributed by atoms with van der Waals surface area (Å²) in [7, 11) is 0. The molecular weight excluding hydrogens is 372 g/mol. The van der Waals surface area contributed by atoms with Gasteiger partial charge in [0.15, 0.2) is 0 Å². The molecule has 0 radical (unpaired) electrons. The van der Waals surface area contributed by atoms with E-state index >= 15 is 0 Å². The summed E-state index contributed by atoms with van der Waals surface area (Å²) in [5.74, 6) is 0.0198. The molecule has 1 amide bonds. The molecule has 0 bridgehead atoms. The quantitative estimate of drug-likeness (QED) is 0.434. The monoisotopic (exact) mass is 394 g/mol. The van der Waals surface area contributed by atoms with Crippen LogP contribution in [-0.4, -0.2) is 20.4 Å². The van der Waals surface area contributed by atoms with Gasteiger partial charge >= 0.3 is 0 Å². The summed E-state index contributed by atoms with van der Waals surface area (Å²) in [4.78, 5) is 20.3. The zero-order chi connectivity index (χ0) is 20.3. The third-order valence-electron chi connectivity index (χ3n) is 5.48. The molecule has 0 aliphatic heterocycles. The molecule has 0 saturated carbocycles. The standard InChI is InChI=1S/C25H22N4O/c30-24(13-15-29-14-12-18-6-4-5-9-23(18)29)28-25(19-7-2-1-3-8-19)20-10-11-21-22(16-20)27-17-26-21/h1-12,14,16-17,25H,13,15H2,(H,26,27)(H,28,30). The number of nitrogens with one attached hydrogen (secondary N) is 2. The maximum absolute atomic E-state index is 12.9. The number of carbonyl (C=O) groups excluding carboxylic acids is 1. The highest BCUT2D eigenvalue weighted by Crippen LogP contribution is 2.25. The van der Waals surface area contributed by atoms with Gasteiger partial charge in [-0.15, -0.1) is 0 Å². The first-order chi connectivity index (χ1) is 14.8. The van der Waals surface area contributed by atoms with Crippen molar-refractivity contribution >= 4 is 27.8 Å². The van der Waals surface area contributed by atoms with E-state index in [4.69, 9.17) is 0 Å². The van der Waals surface area contributed by atoms with E-state index in [-0.39, 0.29) is 11.9 Å². The smallest absolute Gasteiger partial charge is 0.222 e. The molecule has 3 aromatic carbocycles. The van der Waals surface area contributed by atoms with Crippen LogP contribution in [-0.2, 0) is 11.3 Å². The topological polar surface area (TPSA) is 62.7 Å². The first-order valence-corrected chi connectivity index (χ1v) is 10.1. The number of nitrogens with zero attached hydrogens (tertiary/aromatic N) is 2. The van der Waals surface area contributed by atoms with Crippen molar-refractivity contribution in [3.05, 3.63) is 103 Å². The van der Waals surface area contributed by atoms with Gasteiger partial charge in [-0.05, 0) is 40.8 Å². The van der Waals surface area contributed by atoms with Crippen molar-refractivity contribution in [1.82, 2.24) is 19.9 Å². The molecule has 0 fully saturated rings. The van der Waals surface area contributed by atoms with E-state index in [2.05, 4.69) is 44.1 Å². The maximum atomic E-state index is 12.9. The first-order valence-electron chi connectivity index (χ1n) is 10.1. The number of fused-ring (bicyclic) bond motifs is 2. The van der Waals surface area contributed by atoms with Crippen molar-refractivity contribution < 1.29 is 4.79 Å². The van der Waals surface area contributed by atoms with Crippen LogP contribution in [0.5, 0.6) is 0 Å². The fourth-order valence-corrected chi connectivity index (χ4v) is 3.93. The third-order valence-corrected chi connectivity index (χ3v) is 5.48. The van der Waals surface area contributed by atoms with Gasteiger partial charge in [0.1, 0.15) is 0 Å². The minimum Gasteiger partial charge on any atom is -0.347 e. The highest BCUT2D eigenvalue weighted by atomic mass is 16.1. The van der Waals surface area contributed by atoms with E-state index < -0.39 is 0 Å². The summed E-state index contributed by atoms with van der Waals surface area (Å²) in [6.45, 7) is 0.639. The normalized spacial score (nSPS) is 12.3. The van der Waals surface area contributed by atoms with Crippen LogP contribution in [0.1, 0.15) is 23.6 Å². The Bertz CT molecular complexity index is 1300. The second-order valence-electron chi connectivity index (χ2n) is 7.41. The van der Waals surface area contributed by atoms with Crippen LogP contribution in [0.15, 0.2) is 91.4 Å². The molecule has 2 aromatic heterocycles. The lowest BCUT2D eigenvalue weighted by molar-refractivity contribution is -0.121. The van der Waals surface area contributed by atoms with Crippen LogP contribution in [0.2, 0.25) is 0 Å². The molecule has 30 heavy (non-hydrogen) atoms. The molecule has 148 valence electrons. The van der Waals surface area contributed by atoms with Crippen molar-refractivity contribution in [3.63, 3.8) is 0 Å². The summed E-state index contributed by atoms with van der Waals surface area (Å²) < 4.78 is 2.13. The van der Waals surface area contributed by atoms with E-state index in [1.54, 1.807) is 6.33 Å². The van der Waals surface area contributed by atoms with Crippen molar-refractivity contribution in [2.45, 2.75) is 19.0 Å². The molecular formula is C25H22N4O. The number of hydrogen-bond acceptors (Lipinski definition) is 2. The van der Waals surface area contributed by atoms with Crippen LogP contribution >= 0.6 is 0 Å². The van der Waals surface area contributed by atoms with Gasteiger partial charge in [0, 0.05) is 24.7 Å². The van der Waals surface area contributed by atoms with E-state index in [0.29, 0.717) is 13.0 Å². The molecule has 5 aromatic rings. The Morgan fingerprint density at radius 2 is 1.80 bits per heavy atom. The SMILES string of the molecule is O=C(CCn1ccc2ccccc21)NC(c1ccccc1)c1ccc2nc[nH]c2c1. The minimum atomic E-state index is -0.215. The highest BCUT2D eigenvalue weighted by Gasteiger charge is 2.17. The summed E-state index contributed by atoms with van der Waals surface area (Å²) >= 11 is 0. The van der Waals surface area contributed by atoms with Crippen molar-refractivity contribution in [2.24, 2.45) is 0 Å². The van der Waals surface area contributed by atoms with Crippen LogP contribution in [0.3, 0.4) is 0 Å². The Hall–Kier alpha value is -3.86. The number of para-hydroxylation sites is 1. The van der Waals surface area contributed by atoms with E-state index in [9.17, 15) is 4.79 Å². The highest BCUT2D eigenvalue weighted by molar-refractivity contribution is 5.81. The second kappa shape index (κ2) is 7.87. The van der Waals surface area contributed by atoms with E-state index in [0.717, 1.165) is 27.7 Å². The average molecular weight is 394 g/mol. The molecule has 5 rings (SSSR count). The number of benzene rings is 3. The van der Waals surface area contributed by atoms with E-state index in [1.165, 1.54) is 5.39 Å². The zero-order valence-corrected chi connectivity index (χ0v) is 16.5. The number of H-pyrrole nitrogens is 1. The van der Waals surface area contributed by atoms with Gasteiger partial charge in [-0.25, -0.2) is 4.98 Å². The number of carbonyl (C=O) groups is 1. The van der Waals surface area contributed by atoms with Crippen LogP contribution in [0.25, 0.3) is 21.9 Å². The summed E-state index contributed by atoms with van der Waals surface area (Å²) in [6.07, 6.45) is 4.14. The largest absolute Gasteiger partial charge is 0.347 e. The number of hydrogen-bond donors (Lipinski definition) is 2. The van der Waals surface area contributed by atoms with Gasteiger partial charge in [-0.2, -0.15) is 0 Å². The van der Waals surface area contributed by atoms with Gasteiger partial charge in [-0.1, -0.05) is 54.6 Å². The lowest BCUT2D eigenvalue weighted by Crippen LogP contribution is -2.30. The number of aromatic amines is 1. The third kappa shape index (κ3) is 3.57. The van der Waals surface area contributed by atoms with Crippen LogP contribution in [0.4, 0.5) is 0 Å². The van der Waals surface area contributed by atoms with Gasteiger partial charge in [-0.3, -0.25) is 4.79 Å². The first kappa shape index (κ1) is 18.2. The molecule has 0 spiro atoms. The van der Waals surface area contributed by atoms with Crippen molar-refractivity contribution in [2.75, 3.05) is 0 Å². The van der Waals surface area contributed by atoms with Gasteiger partial charge in [0.2, 0.25) is 5.91 Å². The van der Waals surface area contributed by atoms with Crippen molar-refractivity contribution in [1.29, 1.82) is 0 Å². The number of rotatable bonds is 6. The summed E-state index contributed by atoms with van der Waals surface area (Å²) in [5, 5.41) is 4.42. The Morgan fingerprint density at radius 3 is 2.70 bits per heavy atom. The predicted molar refractivity (Wildman–Crippen MR) is 119 cm³/mol. The molecule has 2 N–H and O–H groups in total. The predicted octanol–water partition coefficient (Wildman–Crippen LogP) is 4.81. The fourth-order valence-electron chi connectivity index (χ4n) is 3.93. The molecule has 1 unspecified atom stereocenters.